The van der Waals surface area contributed by atoms with Crippen LogP contribution in [0.3, 0.4) is 0 Å². The highest BCUT2D eigenvalue weighted by molar-refractivity contribution is 6.34. The summed E-state index contributed by atoms with van der Waals surface area (Å²) in [5.74, 6) is -8.64. The van der Waals surface area contributed by atoms with Crippen molar-refractivity contribution < 1.29 is 27.1 Å². The Labute approximate surface area is 150 Å². The Morgan fingerprint density at radius 3 is 2.04 bits per heavy atom. The smallest absolute Gasteiger partial charge is 0.260 e. The van der Waals surface area contributed by atoms with Gasteiger partial charge in [-0.3, -0.25) is 4.79 Å². The average Bonchev–Trinajstić information content (AvgIpc) is 2.51. The normalized spacial score (nSPS) is 10.7. The molecular formula is C16H11Cl2F4NO2. The molecule has 9 heteroatoms. The molecule has 0 heterocycles. The van der Waals surface area contributed by atoms with Gasteiger partial charge < -0.3 is 9.64 Å². The van der Waals surface area contributed by atoms with Crippen molar-refractivity contribution in [3.63, 3.8) is 0 Å². The lowest BCUT2D eigenvalue weighted by molar-refractivity contribution is -0.132. The quantitative estimate of drug-likeness (QED) is 0.547. The number of hydrogen-bond donors (Lipinski definition) is 0. The fraction of sp³-hybridized carbons (Fsp3) is 0.188. The highest BCUT2D eigenvalue weighted by Crippen LogP contribution is 2.26. The minimum Gasteiger partial charge on any atom is -0.477 e. The molecule has 0 saturated carbocycles. The summed E-state index contributed by atoms with van der Waals surface area (Å²) in [6.07, 6.45) is 0. The largest absolute Gasteiger partial charge is 0.477 e. The van der Waals surface area contributed by atoms with E-state index in [1.165, 1.54) is 18.0 Å². The lowest BCUT2D eigenvalue weighted by Crippen LogP contribution is -2.31. The lowest BCUT2D eigenvalue weighted by atomic mass is 10.2. The van der Waals surface area contributed by atoms with Crippen molar-refractivity contribution in [2.45, 2.75) is 6.54 Å². The predicted octanol–water partition coefficient (Wildman–Crippen LogP) is 4.59. The summed E-state index contributed by atoms with van der Waals surface area (Å²) in [6.45, 7) is -0.730. The van der Waals surface area contributed by atoms with Crippen LogP contribution in [-0.4, -0.2) is 24.5 Å². The van der Waals surface area contributed by atoms with E-state index in [1.807, 2.05) is 0 Å². The maximum Gasteiger partial charge on any atom is 0.260 e. The maximum absolute atomic E-state index is 13.5. The van der Waals surface area contributed by atoms with Crippen LogP contribution in [0.25, 0.3) is 0 Å². The van der Waals surface area contributed by atoms with Crippen LogP contribution in [0.2, 0.25) is 10.0 Å². The Balaban J connectivity index is 2.05. The number of halogens is 6. The summed E-state index contributed by atoms with van der Waals surface area (Å²) in [5, 5.41) is 0.748. The highest BCUT2D eigenvalue weighted by Gasteiger charge is 2.22. The van der Waals surface area contributed by atoms with Crippen molar-refractivity contribution in [3.8, 4) is 5.75 Å². The fourth-order valence-electron chi connectivity index (χ4n) is 1.99. The zero-order valence-electron chi connectivity index (χ0n) is 12.8. The monoisotopic (exact) mass is 395 g/mol. The molecule has 0 aliphatic carbocycles. The standard InChI is InChI=1S/C16H11Cl2F4NO2/c1-23(6-8-2-9(17)4-10(18)3-8)13(24)7-25-16-14(21)11(19)5-12(20)15(16)22/h2-5H,6-7H2,1H3. The van der Waals surface area contributed by atoms with Crippen LogP contribution in [0.5, 0.6) is 5.75 Å². The van der Waals surface area contributed by atoms with Gasteiger partial charge in [0.2, 0.25) is 11.6 Å². The molecule has 1 amide bonds. The first-order chi connectivity index (χ1) is 11.7. The Morgan fingerprint density at radius 1 is 1.00 bits per heavy atom. The molecule has 2 aromatic rings. The summed E-state index contributed by atoms with van der Waals surface area (Å²) in [7, 11) is 1.40. The Morgan fingerprint density at radius 2 is 1.52 bits per heavy atom. The molecule has 0 bridgehead atoms. The minimum absolute atomic E-state index is 0.0500. The van der Waals surface area contributed by atoms with Gasteiger partial charge in [-0.05, 0) is 23.8 Å². The molecule has 25 heavy (non-hydrogen) atoms. The zero-order chi connectivity index (χ0) is 18.7. The minimum atomic E-state index is -1.71. The second kappa shape index (κ2) is 7.93. The highest BCUT2D eigenvalue weighted by atomic mass is 35.5. The van der Waals surface area contributed by atoms with E-state index in [2.05, 4.69) is 4.74 Å². The number of carbonyl (C=O) groups excluding carboxylic acids is 1. The topological polar surface area (TPSA) is 29.5 Å². The van der Waals surface area contributed by atoms with E-state index in [9.17, 15) is 22.4 Å². The zero-order valence-corrected chi connectivity index (χ0v) is 14.3. The molecule has 134 valence electrons. The molecule has 0 aliphatic heterocycles. The molecular weight excluding hydrogens is 385 g/mol. The van der Waals surface area contributed by atoms with Gasteiger partial charge >= 0.3 is 0 Å². The third-order valence-electron chi connectivity index (χ3n) is 3.18. The van der Waals surface area contributed by atoms with E-state index in [0.29, 0.717) is 15.6 Å². The van der Waals surface area contributed by atoms with E-state index in [-0.39, 0.29) is 12.6 Å². The first-order valence-corrected chi connectivity index (χ1v) is 7.59. The van der Waals surface area contributed by atoms with Crippen LogP contribution >= 0.6 is 23.2 Å². The molecule has 0 N–H and O–H groups in total. The second-order valence-corrected chi connectivity index (χ2v) is 5.99. The van der Waals surface area contributed by atoms with Gasteiger partial charge in [0.15, 0.2) is 24.0 Å². The third kappa shape index (κ3) is 4.76. The van der Waals surface area contributed by atoms with Gasteiger partial charge in [-0.1, -0.05) is 23.2 Å². The fourth-order valence-corrected chi connectivity index (χ4v) is 2.56. The molecule has 0 unspecified atom stereocenters. The van der Waals surface area contributed by atoms with E-state index < -0.39 is 41.5 Å². The van der Waals surface area contributed by atoms with Crippen molar-refractivity contribution in [1.82, 2.24) is 4.90 Å². The van der Waals surface area contributed by atoms with Crippen LogP contribution in [0.15, 0.2) is 24.3 Å². The Kier molecular flexibility index (Phi) is 6.13. The number of carbonyl (C=O) groups is 1. The van der Waals surface area contributed by atoms with Crippen molar-refractivity contribution in [3.05, 3.63) is 63.1 Å². The van der Waals surface area contributed by atoms with Crippen LogP contribution in [-0.2, 0) is 11.3 Å². The molecule has 0 radical (unpaired) electrons. The van der Waals surface area contributed by atoms with Crippen LogP contribution < -0.4 is 4.74 Å². The van der Waals surface area contributed by atoms with Crippen molar-refractivity contribution in [2.75, 3.05) is 13.7 Å². The number of likely N-dealkylation sites (N-methyl/N-ethyl adjacent to an activating group) is 1. The van der Waals surface area contributed by atoms with Gasteiger partial charge in [0, 0.05) is 29.7 Å². The average molecular weight is 396 g/mol. The molecule has 0 atom stereocenters. The molecule has 2 aromatic carbocycles. The van der Waals surface area contributed by atoms with Gasteiger partial charge in [-0.25, -0.2) is 8.78 Å². The molecule has 0 aromatic heterocycles. The molecule has 0 saturated heterocycles. The van der Waals surface area contributed by atoms with Gasteiger partial charge in [-0.2, -0.15) is 8.78 Å². The summed E-state index contributed by atoms with van der Waals surface area (Å²) < 4.78 is 57.7. The summed E-state index contributed by atoms with van der Waals surface area (Å²) in [6, 6.07) is 4.73. The number of hydrogen-bond acceptors (Lipinski definition) is 2. The van der Waals surface area contributed by atoms with E-state index in [1.54, 1.807) is 12.1 Å². The predicted molar refractivity (Wildman–Crippen MR) is 84.7 cm³/mol. The first kappa shape index (κ1) is 19.3. The number of nitrogens with zero attached hydrogens (tertiary/aromatic N) is 1. The van der Waals surface area contributed by atoms with Crippen molar-refractivity contribution in [2.24, 2.45) is 0 Å². The molecule has 0 fully saturated rings. The van der Waals surface area contributed by atoms with Gasteiger partial charge in [0.1, 0.15) is 0 Å². The van der Waals surface area contributed by atoms with Crippen LogP contribution in [0.1, 0.15) is 5.56 Å². The second-order valence-electron chi connectivity index (χ2n) is 5.11. The van der Waals surface area contributed by atoms with Crippen molar-refractivity contribution in [1.29, 1.82) is 0 Å². The Bertz CT molecular complexity index is 771. The van der Waals surface area contributed by atoms with Crippen molar-refractivity contribution >= 4 is 29.1 Å². The number of amides is 1. The summed E-state index contributed by atoms with van der Waals surface area (Å²) in [5.41, 5.74) is 0.613. The van der Waals surface area contributed by atoms with Gasteiger partial charge in [-0.15, -0.1) is 0 Å². The number of benzene rings is 2. The van der Waals surface area contributed by atoms with E-state index in [0.717, 1.165) is 0 Å². The number of rotatable bonds is 5. The molecule has 2 rings (SSSR count). The first-order valence-electron chi connectivity index (χ1n) is 6.83. The summed E-state index contributed by atoms with van der Waals surface area (Å²) in [4.78, 5) is 13.2. The summed E-state index contributed by atoms with van der Waals surface area (Å²) >= 11 is 11.7. The maximum atomic E-state index is 13.5. The molecule has 0 spiro atoms. The molecule has 3 nitrogen and oxygen atoms in total. The van der Waals surface area contributed by atoms with Gasteiger partial charge in [0.05, 0.1) is 0 Å². The number of ether oxygens (including phenoxy) is 1. The third-order valence-corrected chi connectivity index (χ3v) is 3.62. The Hall–Kier alpha value is -1.99. The van der Waals surface area contributed by atoms with Gasteiger partial charge in [0.25, 0.3) is 5.91 Å². The van der Waals surface area contributed by atoms with E-state index in [4.69, 9.17) is 23.2 Å². The lowest BCUT2D eigenvalue weighted by Gasteiger charge is -2.18. The SMILES string of the molecule is CN(Cc1cc(Cl)cc(Cl)c1)C(=O)COc1c(F)c(F)cc(F)c1F. The van der Waals surface area contributed by atoms with E-state index >= 15 is 0 Å². The molecule has 0 aliphatic rings. The van der Waals surface area contributed by atoms with Crippen LogP contribution in [0, 0.1) is 23.3 Å². The van der Waals surface area contributed by atoms with Crippen LogP contribution in [0.4, 0.5) is 17.6 Å².